The Morgan fingerprint density at radius 1 is 1.14 bits per heavy atom. The third-order valence-electron chi connectivity index (χ3n) is 5.71. The summed E-state index contributed by atoms with van der Waals surface area (Å²) < 4.78 is 0. The number of thiazole rings is 1. The van der Waals surface area contributed by atoms with Crippen molar-refractivity contribution in [3.05, 3.63) is 15.6 Å². The number of nitrogens with one attached hydrogen (secondary N) is 1. The van der Waals surface area contributed by atoms with E-state index in [2.05, 4.69) is 40.9 Å². The molecular weight excluding hydrogens is 499 g/mol. The lowest BCUT2D eigenvalue weighted by atomic mass is 10.2. The molecule has 2 saturated heterocycles. The number of rotatable bonds is 5. The number of guanidine groups is 1. The number of hydrogen-bond donors (Lipinski definition) is 1. The molecule has 2 fully saturated rings. The number of piperazine rings is 1. The quantitative estimate of drug-likeness (QED) is 0.358. The fraction of sp³-hybridized carbons (Fsp3) is 0.750. The fourth-order valence-electron chi connectivity index (χ4n) is 3.85. The van der Waals surface area contributed by atoms with Gasteiger partial charge in [0.05, 0.1) is 18.3 Å². The number of hydrogen-bond acceptors (Lipinski definition) is 5. The van der Waals surface area contributed by atoms with Crippen LogP contribution in [0.3, 0.4) is 0 Å². The molecule has 164 valence electrons. The molecule has 29 heavy (non-hydrogen) atoms. The topological polar surface area (TPSA) is 64.1 Å². The van der Waals surface area contributed by atoms with Gasteiger partial charge in [0.15, 0.2) is 5.96 Å². The molecule has 0 saturated carbocycles. The minimum absolute atomic E-state index is 0. The SMILES string of the molecule is CCNC(=NCc1nc(C)c(C)s1)N1CCN(C(C)C(=O)N2CCCC2)CC1.I. The van der Waals surface area contributed by atoms with E-state index in [1.54, 1.807) is 11.3 Å². The largest absolute Gasteiger partial charge is 0.357 e. The molecule has 1 amide bonds. The van der Waals surface area contributed by atoms with Crippen LogP contribution in [0, 0.1) is 13.8 Å². The van der Waals surface area contributed by atoms with Crippen LogP contribution in [-0.4, -0.2) is 83.4 Å². The highest BCUT2D eigenvalue weighted by atomic mass is 127. The number of aliphatic imine (C=N–C) groups is 1. The zero-order valence-corrected chi connectivity index (χ0v) is 21.3. The van der Waals surface area contributed by atoms with Crippen molar-refractivity contribution in [3.8, 4) is 0 Å². The third-order valence-corrected chi connectivity index (χ3v) is 6.77. The molecule has 7 nitrogen and oxygen atoms in total. The molecule has 1 unspecified atom stereocenters. The van der Waals surface area contributed by atoms with Crippen LogP contribution in [0.25, 0.3) is 0 Å². The van der Waals surface area contributed by atoms with Gasteiger partial charge >= 0.3 is 0 Å². The van der Waals surface area contributed by atoms with Crippen LogP contribution in [0.15, 0.2) is 4.99 Å². The molecule has 1 aromatic rings. The fourth-order valence-corrected chi connectivity index (χ4v) is 4.71. The maximum absolute atomic E-state index is 12.7. The number of nitrogens with zero attached hydrogens (tertiary/aromatic N) is 5. The van der Waals surface area contributed by atoms with Crippen LogP contribution in [0.5, 0.6) is 0 Å². The summed E-state index contributed by atoms with van der Waals surface area (Å²) in [4.78, 5) is 30.0. The van der Waals surface area contributed by atoms with Gasteiger partial charge in [0, 0.05) is 50.7 Å². The highest BCUT2D eigenvalue weighted by molar-refractivity contribution is 14.0. The number of carbonyl (C=O) groups excluding carboxylic acids is 1. The molecule has 0 aliphatic carbocycles. The van der Waals surface area contributed by atoms with Crippen molar-refractivity contribution in [1.29, 1.82) is 0 Å². The molecule has 0 aromatic carbocycles. The van der Waals surface area contributed by atoms with E-state index < -0.39 is 0 Å². The van der Waals surface area contributed by atoms with Gasteiger partial charge in [0.2, 0.25) is 5.91 Å². The molecule has 0 spiro atoms. The number of halogens is 1. The van der Waals surface area contributed by atoms with Crippen molar-refractivity contribution in [2.75, 3.05) is 45.8 Å². The Kier molecular flexibility index (Phi) is 9.61. The lowest BCUT2D eigenvalue weighted by molar-refractivity contribution is -0.135. The van der Waals surface area contributed by atoms with Crippen LogP contribution in [0.2, 0.25) is 0 Å². The summed E-state index contributed by atoms with van der Waals surface area (Å²) in [5.41, 5.74) is 1.10. The van der Waals surface area contributed by atoms with Gasteiger partial charge in [-0.3, -0.25) is 9.69 Å². The summed E-state index contributed by atoms with van der Waals surface area (Å²) in [6.07, 6.45) is 2.29. The van der Waals surface area contributed by atoms with E-state index in [4.69, 9.17) is 4.99 Å². The molecule has 2 aliphatic heterocycles. The van der Waals surface area contributed by atoms with Gasteiger partial charge in [-0.2, -0.15) is 0 Å². The normalized spacial score (nSPS) is 19.2. The molecular formula is C20H35IN6OS. The Morgan fingerprint density at radius 3 is 2.34 bits per heavy atom. The second-order valence-electron chi connectivity index (χ2n) is 7.65. The monoisotopic (exact) mass is 534 g/mol. The first kappa shape index (κ1) is 24.3. The van der Waals surface area contributed by atoms with E-state index in [-0.39, 0.29) is 30.0 Å². The average Bonchev–Trinajstić information content (AvgIpc) is 3.34. The Bertz CT molecular complexity index is 676. The number of carbonyl (C=O) groups is 1. The highest BCUT2D eigenvalue weighted by Gasteiger charge is 2.30. The lowest BCUT2D eigenvalue weighted by Crippen LogP contribution is -2.57. The first-order valence-electron chi connectivity index (χ1n) is 10.5. The number of amides is 1. The molecule has 0 bridgehead atoms. The summed E-state index contributed by atoms with van der Waals surface area (Å²) in [7, 11) is 0. The predicted octanol–water partition coefficient (Wildman–Crippen LogP) is 2.47. The van der Waals surface area contributed by atoms with Crippen molar-refractivity contribution < 1.29 is 4.79 Å². The summed E-state index contributed by atoms with van der Waals surface area (Å²) >= 11 is 1.73. The van der Waals surface area contributed by atoms with Gasteiger partial charge in [0.25, 0.3) is 0 Å². The maximum atomic E-state index is 12.7. The van der Waals surface area contributed by atoms with Crippen molar-refractivity contribution in [2.24, 2.45) is 4.99 Å². The maximum Gasteiger partial charge on any atom is 0.239 e. The van der Waals surface area contributed by atoms with E-state index in [0.29, 0.717) is 12.5 Å². The van der Waals surface area contributed by atoms with Gasteiger partial charge in [0.1, 0.15) is 5.01 Å². The zero-order valence-electron chi connectivity index (χ0n) is 18.1. The second-order valence-corrected chi connectivity index (χ2v) is 8.94. The molecule has 1 N–H and O–H groups in total. The number of likely N-dealkylation sites (tertiary alicyclic amines) is 1. The highest BCUT2D eigenvalue weighted by Crippen LogP contribution is 2.18. The Morgan fingerprint density at radius 2 is 1.79 bits per heavy atom. The van der Waals surface area contributed by atoms with E-state index >= 15 is 0 Å². The summed E-state index contributed by atoms with van der Waals surface area (Å²) in [5, 5.41) is 4.48. The van der Waals surface area contributed by atoms with E-state index in [1.807, 2.05) is 11.8 Å². The predicted molar refractivity (Wildman–Crippen MR) is 130 cm³/mol. The van der Waals surface area contributed by atoms with E-state index in [9.17, 15) is 4.79 Å². The van der Waals surface area contributed by atoms with Crippen LogP contribution in [-0.2, 0) is 11.3 Å². The zero-order chi connectivity index (χ0) is 20.1. The molecule has 9 heteroatoms. The standard InChI is InChI=1S/C20H34N6OS.HI/c1-5-21-20(22-14-18-23-15(2)17(4)28-18)26-12-10-24(11-13-26)16(3)19(27)25-8-6-7-9-25;/h16H,5-14H2,1-4H3,(H,21,22);1H. The minimum Gasteiger partial charge on any atom is -0.357 e. The van der Waals surface area contributed by atoms with Gasteiger partial charge in [-0.25, -0.2) is 9.98 Å². The Balaban J connectivity index is 0.00000300. The Labute approximate surface area is 196 Å². The number of aryl methyl sites for hydroxylation is 2. The minimum atomic E-state index is -0.0268. The molecule has 3 rings (SSSR count). The molecule has 1 aromatic heterocycles. The summed E-state index contributed by atoms with van der Waals surface area (Å²) in [6.45, 7) is 15.2. The van der Waals surface area contributed by atoms with Crippen LogP contribution < -0.4 is 5.32 Å². The van der Waals surface area contributed by atoms with Crippen molar-refractivity contribution in [1.82, 2.24) is 25.0 Å². The number of aromatic nitrogens is 1. The summed E-state index contributed by atoms with van der Waals surface area (Å²) in [6, 6.07) is -0.0268. The van der Waals surface area contributed by atoms with Crippen LogP contribution in [0.4, 0.5) is 0 Å². The molecule has 2 aliphatic rings. The van der Waals surface area contributed by atoms with Crippen molar-refractivity contribution in [3.63, 3.8) is 0 Å². The van der Waals surface area contributed by atoms with E-state index in [1.165, 1.54) is 4.88 Å². The van der Waals surface area contributed by atoms with Crippen molar-refractivity contribution in [2.45, 2.75) is 53.1 Å². The van der Waals surface area contributed by atoms with Gasteiger partial charge < -0.3 is 15.1 Å². The first-order valence-corrected chi connectivity index (χ1v) is 11.3. The summed E-state index contributed by atoms with van der Waals surface area (Å²) in [5.74, 6) is 1.24. The van der Waals surface area contributed by atoms with E-state index in [0.717, 1.165) is 75.3 Å². The first-order chi connectivity index (χ1) is 13.5. The van der Waals surface area contributed by atoms with Gasteiger partial charge in [-0.15, -0.1) is 35.3 Å². The Hall–Kier alpha value is -0.940. The van der Waals surface area contributed by atoms with Gasteiger partial charge in [-0.05, 0) is 40.5 Å². The van der Waals surface area contributed by atoms with Crippen LogP contribution in [0.1, 0.15) is 42.3 Å². The second kappa shape index (κ2) is 11.5. The van der Waals surface area contributed by atoms with Crippen molar-refractivity contribution >= 4 is 47.2 Å². The van der Waals surface area contributed by atoms with Gasteiger partial charge in [-0.1, -0.05) is 0 Å². The molecule has 0 radical (unpaired) electrons. The lowest BCUT2D eigenvalue weighted by Gasteiger charge is -2.39. The molecule has 1 atom stereocenters. The molecule has 3 heterocycles. The van der Waals surface area contributed by atoms with Crippen LogP contribution >= 0.6 is 35.3 Å². The third kappa shape index (κ3) is 6.27. The average molecular weight is 535 g/mol. The smallest absolute Gasteiger partial charge is 0.239 e.